The quantitative estimate of drug-likeness (QED) is 0.737. The van der Waals surface area contributed by atoms with Gasteiger partial charge in [-0.15, -0.1) is 5.92 Å². The molecule has 0 saturated carbocycles. The summed E-state index contributed by atoms with van der Waals surface area (Å²) in [6.45, 7) is 9.05. The monoisotopic (exact) mass is 260 g/mol. The zero-order valence-electron chi connectivity index (χ0n) is 12.6. The van der Waals surface area contributed by atoms with E-state index >= 15 is 0 Å². The van der Waals surface area contributed by atoms with Crippen molar-refractivity contribution in [2.45, 2.75) is 40.0 Å². The molecule has 1 aromatic carbocycles. The predicted molar refractivity (Wildman–Crippen MR) is 79.8 cm³/mol. The molecule has 0 saturated heterocycles. The second-order valence-electron chi connectivity index (χ2n) is 4.60. The summed E-state index contributed by atoms with van der Waals surface area (Å²) in [4.78, 5) is 0. The van der Waals surface area contributed by atoms with E-state index in [9.17, 15) is 0 Å². The summed E-state index contributed by atoms with van der Waals surface area (Å²) >= 11 is 0. The Morgan fingerprint density at radius 2 is 1.89 bits per heavy atom. The number of hydrogen-bond donors (Lipinski definition) is 0. The van der Waals surface area contributed by atoms with E-state index in [1.165, 1.54) is 5.56 Å². The minimum Gasteiger partial charge on any atom is -0.493 e. The number of rotatable bonds is 5. The molecule has 0 amide bonds. The van der Waals surface area contributed by atoms with Crippen molar-refractivity contribution in [3.05, 3.63) is 23.8 Å². The van der Waals surface area contributed by atoms with Crippen LogP contribution in [0.3, 0.4) is 0 Å². The van der Waals surface area contributed by atoms with Crippen LogP contribution in [0.1, 0.15) is 45.6 Å². The molecule has 0 aliphatic heterocycles. The molecule has 0 N–H and O–H groups in total. The molecule has 0 aliphatic rings. The van der Waals surface area contributed by atoms with Gasteiger partial charge in [0, 0.05) is 12.3 Å². The molecule has 2 nitrogen and oxygen atoms in total. The summed E-state index contributed by atoms with van der Waals surface area (Å²) in [5, 5.41) is 0. The Morgan fingerprint density at radius 3 is 2.47 bits per heavy atom. The predicted octanol–water partition coefficient (Wildman–Crippen LogP) is 4.25. The molecule has 0 aromatic heterocycles. The summed E-state index contributed by atoms with van der Waals surface area (Å²) in [6, 6.07) is 6.14. The highest BCUT2D eigenvalue weighted by Gasteiger charge is 2.15. The normalized spacial score (nSPS) is 13.1. The average molecular weight is 260 g/mol. The summed E-state index contributed by atoms with van der Waals surface area (Å²) < 4.78 is 10.9. The van der Waals surface area contributed by atoms with E-state index in [1.807, 2.05) is 13.0 Å². The molecular formula is C17H24O2. The molecule has 19 heavy (non-hydrogen) atoms. The van der Waals surface area contributed by atoms with Gasteiger partial charge in [-0.3, -0.25) is 0 Å². The maximum Gasteiger partial charge on any atom is 0.161 e. The molecule has 0 heterocycles. The minimum atomic E-state index is 0.336. The van der Waals surface area contributed by atoms with E-state index in [1.54, 1.807) is 7.11 Å². The lowest BCUT2D eigenvalue weighted by Crippen LogP contribution is -2.05. The maximum absolute atomic E-state index is 5.54. The van der Waals surface area contributed by atoms with Crippen molar-refractivity contribution in [3.8, 4) is 23.3 Å². The van der Waals surface area contributed by atoms with Gasteiger partial charge in [0.15, 0.2) is 11.5 Å². The van der Waals surface area contributed by atoms with Gasteiger partial charge in [-0.05, 0) is 30.5 Å². The molecule has 0 radical (unpaired) electrons. The van der Waals surface area contributed by atoms with Crippen molar-refractivity contribution in [1.29, 1.82) is 0 Å². The summed E-state index contributed by atoms with van der Waals surface area (Å²) in [6.07, 6.45) is 0.906. The van der Waals surface area contributed by atoms with Crippen LogP contribution < -0.4 is 9.47 Å². The number of ether oxygens (including phenoxy) is 2. The molecule has 1 rings (SSSR count). The molecule has 104 valence electrons. The Balaban J connectivity index is 2.95. The molecule has 0 aliphatic carbocycles. The minimum absolute atomic E-state index is 0.336. The van der Waals surface area contributed by atoms with Crippen molar-refractivity contribution in [2.75, 3.05) is 13.7 Å². The Hall–Kier alpha value is -1.62. The van der Waals surface area contributed by atoms with Gasteiger partial charge in [0.1, 0.15) is 0 Å². The van der Waals surface area contributed by atoms with Gasteiger partial charge in [-0.25, -0.2) is 0 Å². The first-order valence-electron chi connectivity index (χ1n) is 6.93. The fourth-order valence-electron chi connectivity index (χ4n) is 1.92. The van der Waals surface area contributed by atoms with E-state index in [4.69, 9.17) is 9.47 Å². The molecule has 2 atom stereocenters. The first kappa shape index (κ1) is 15.4. The Bertz CT molecular complexity index is 454. The van der Waals surface area contributed by atoms with E-state index in [2.05, 4.69) is 44.7 Å². The smallest absolute Gasteiger partial charge is 0.161 e. The molecule has 0 fully saturated rings. The molecule has 2 heteroatoms. The highest BCUT2D eigenvalue weighted by molar-refractivity contribution is 5.44. The van der Waals surface area contributed by atoms with Crippen molar-refractivity contribution in [3.63, 3.8) is 0 Å². The third-order valence-electron chi connectivity index (χ3n) is 3.27. The van der Waals surface area contributed by atoms with E-state index in [0.29, 0.717) is 18.4 Å². The molecule has 0 bridgehead atoms. The van der Waals surface area contributed by atoms with Crippen LogP contribution in [0.25, 0.3) is 0 Å². The van der Waals surface area contributed by atoms with Crippen molar-refractivity contribution < 1.29 is 9.47 Å². The Morgan fingerprint density at radius 1 is 1.16 bits per heavy atom. The van der Waals surface area contributed by atoms with Gasteiger partial charge in [0.25, 0.3) is 0 Å². The van der Waals surface area contributed by atoms with Crippen LogP contribution in [0, 0.1) is 17.8 Å². The largest absolute Gasteiger partial charge is 0.493 e. The van der Waals surface area contributed by atoms with Crippen LogP contribution in [0.4, 0.5) is 0 Å². The standard InChI is InChI=1S/C17H24O2/c1-6-8-9-13(3)14(4)15-10-11-16(19-7-2)17(12-15)18-5/h10-14H,6-7H2,1-5H3. The SMILES string of the molecule is CCC#CC(C)C(C)c1ccc(OCC)c(OC)c1. The van der Waals surface area contributed by atoms with Gasteiger partial charge in [0.2, 0.25) is 0 Å². The highest BCUT2D eigenvalue weighted by atomic mass is 16.5. The second-order valence-corrected chi connectivity index (χ2v) is 4.60. The van der Waals surface area contributed by atoms with Crippen molar-refractivity contribution in [2.24, 2.45) is 5.92 Å². The van der Waals surface area contributed by atoms with Gasteiger partial charge in [-0.1, -0.05) is 32.8 Å². The van der Waals surface area contributed by atoms with Gasteiger partial charge in [0.05, 0.1) is 13.7 Å². The Labute approximate surface area is 117 Å². The number of hydrogen-bond acceptors (Lipinski definition) is 2. The third kappa shape index (κ3) is 4.21. The van der Waals surface area contributed by atoms with Crippen LogP contribution in [0.5, 0.6) is 11.5 Å². The summed E-state index contributed by atoms with van der Waals surface area (Å²) in [7, 11) is 1.67. The zero-order valence-corrected chi connectivity index (χ0v) is 12.6. The molecule has 0 spiro atoms. The van der Waals surface area contributed by atoms with E-state index < -0.39 is 0 Å². The highest BCUT2D eigenvalue weighted by Crippen LogP contribution is 2.33. The maximum atomic E-state index is 5.54. The number of methoxy groups -OCH3 is 1. The van der Waals surface area contributed by atoms with Gasteiger partial charge in [-0.2, -0.15) is 0 Å². The van der Waals surface area contributed by atoms with Crippen LogP contribution in [0.15, 0.2) is 18.2 Å². The van der Waals surface area contributed by atoms with E-state index in [-0.39, 0.29) is 0 Å². The van der Waals surface area contributed by atoms with Crippen LogP contribution in [0.2, 0.25) is 0 Å². The van der Waals surface area contributed by atoms with Crippen LogP contribution in [-0.4, -0.2) is 13.7 Å². The van der Waals surface area contributed by atoms with Crippen molar-refractivity contribution in [1.82, 2.24) is 0 Å². The first-order chi connectivity index (χ1) is 9.13. The average Bonchev–Trinajstić information content (AvgIpc) is 2.44. The fraction of sp³-hybridized carbons (Fsp3) is 0.529. The lowest BCUT2D eigenvalue weighted by Gasteiger charge is -2.17. The number of benzene rings is 1. The lowest BCUT2D eigenvalue weighted by atomic mass is 9.89. The second kappa shape index (κ2) is 7.74. The van der Waals surface area contributed by atoms with Crippen LogP contribution in [-0.2, 0) is 0 Å². The zero-order chi connectivity index (χ0) is 14.3. The molecule has 1 aromatic rings. The van der Waals surface area contributed by atoms with E-state index in [0.717, 1.165) is 17.9 Å². The topological polar surface area (TPSA) is 18.5 Å². The fourth-order valence-corrected chi connectivity index (χ4v) is 1.92. The Kier molecular flexibility index (Phi) is 6.29. The first-order valence-corrected chi connectivity index (χ1v) is 6.93. The third-order valence-corrected chi connectivity index (χ3v) is 3.27. The molecular weight excluding hydrogens is 236 g/mol. The van der Waals surface area contributed by atoms with Gasteiger partial charge >= 0.3 is 0 Å². The van der Waals surface area contributed by atoms with Crippen molar-refractivity contribution >= 4 is 0 Å². The lowest BCUT2D eigenvalue weighted by molar-refractivity contribution is 0.310. The van der Waals surface area contributed by atoms with Gasteiger partial charge < -0.3 is 9.47 Å². The molecule has 2 unspecified atom stereocenters. The van der Waals surface area contributed by atoms with Crippen LogP contribution >= 0.6 is 0 Å². The summed E-state index contributed by atoms with van der Waals surface area (Å²) in [5.41, 5.74) is 1.23. The summed E-state index contributed by atoms with van der Waals surface area (Å²) in [5.74, 6) is 8.75.